The van der Waals surface area contributed by atoms with Gasteiger partial charge in [-0.3, -0.25) is 10.1 Å². The fourth-order valence-electron chi connectivity index (χ4n) is 2.70. The van der Waals surface area contributed by atoms with Gasteiger partial charge in [0.15, 0.2) is 0 Å². The first kappa shape index (κ1) is 14.2. The molecule has 0 radical (unpaired) electrons. The summed E-state index contributed by atoms with van der Waals surface area (Å²) < 4.78 is 0. The molecule has 1 aliphatic rings. The second kappa shape index (κ2) is 5.97. The molecule has 7 heteroatoms. The van der Waals surface area contributed by atoms with Crippen molar-refractivity contribution in [2.24, 2.45) is 0 Å². The van der Waals surface area contributed by atoms with Crippen molar-refractivity contribution in [3.05, 3.63) is 52.8 Å². The van der Waals surface area contributed by atoms with Gasteiger partial charge in [-0.05, 0) is 25.1 Å². The zero-order chi connectivity index (χ0) is 15.5. The molecule has 7 nitrogen and oxygen atoms in total. The summed E-state index contributed by atoms with van der Waals surface area (Å²) in [5.74, 6) is 1.75. The van der Waals surface area contributed by atoms with Gasteiger partial charge in [0, 0.05) is 37.9 Å². The standard InChI is InChI=1S/C15H17N5O2/c1-12-11-18(14-4-2-3-7-16-14)8-9-19(12)15-6-5-13(10-17-15)20(21)22/h2-7,10,12H,8-9,11H2,1H3/t12-/m0/s1. The maximum atomic E-state index is 10.7. The minimum atomic E-state index is -0.431. The molecule has 2 aromatic heterocycles. The number of hydrogen-bond acceptors (Lipinski definition) is 6. The average Bonchev–Trinajstić information content (AvgIpc) is 2.56. The van der Waals surface area contributed by atoms with Gasteiger partial charge in [-0.15, -0.1) is 0 Å². The van der Waals surface area contributed by atoms with Gasteiger partial charge in [-0.2, -0.15) is 0 Å². The van der Waals surface area contributed by atoms with E-state index in [1.807, 2.05) is 18.2 Å². The Balaban J connectivity index is 1.71. The average molecular weight is 299 g/mol. The van der Waals surface area contributed by atoms with E-state index < -0.39 is 4.92 Å². The lowest BCUT2D eigenvalue weighted by molar-refractivity contribution is -0.385. The first-order valence-corrected chi connectivity index (χ1v) is 7.18. The number of rotatable bonds is 3. The SMILES string of the molecule is C[C@H]1CN(c2ccccn2)CCN1c1ccc([N+](=O)[O-])cn1. The van der Waals surface area contributed by atoms with Crippen molar-refractivity contribution in [2.75, 3.05) is 29.4 Å². The third-order valence-corrected chi connectivity index (χ3v) is 3.84. The third kappa shape index (κ3) is 2.83. The van der Waals surface area contributed by atoms with Crippen LogP contribution in [0.4, 0.5) is 17.3 Å². The Morgan fingerprint density at radius 2 is 2.05 bits per heavy atom. The second-order valence-corrected chi connectivity index (χ2v) is 5.31. The van der Waals surface area contributed by atoms with Crippen LogP contribution in [0.25, 0.3) is 0 Å². The van der Waals surface area contributed by atoms with E-state index in [1.165, 1.54) is 12.3 Å². The molecule has 0 aliphatic carbocycles. The van der Waals surface area contributed by atoms with Crippen LogP contribution in [0, 0.1) is 10.1 Å². The Morgan fingerprint density at radius 1 is 1.18 bits per heavy atom. The predicted octanol–water partition coefficient (Wildman–Crippen LogP) is 2.10. The van der Waals surface area contributed by atoms with E-state index in [2.05, 4.69) is 26.7 Å². The maximum Gasteiger partial charge on any atom is 0.287 e. The van der Waals surface area contributed by atoms with Crippen LogP contribution in [-0.2, 0) is 0 Å². The lowest BCUT2D eigenvalue weighted by Crippen LogP contribution is -2.52. The lowest BCUT2D eigenvalue weighted by atomic mass is 10.2. The van der Waals surface area contributed by atoms with Crippen LogP contribution < -0.4 is 9.80 Å². The second-order valence-electron chi connectivity index (χ2n) is 5.31. The Labute approximate surface area is 128 Å². The topological polar surface area (TPSA) is 75.4 Å². The molecule has 0 aromatic carbocycles. The Bertz CT molecular complexity index is 647. The summed E-state index contributed by atoms with van der Waals surface area (Å²) in [5.41, 5.74) is 0.0172. The third-order valence-electron chi connectivity index (χ3n) is 3.84. The number of pyridine rings is 2. The van der Waals surface area contributed by atoms with Crippen molar-refractivity contribution in [3.8, 4) is 0 Å². The number of anilines is 2. The van der Waals surface area contributed by atoms with E-state index in [9.17, 15) is 10.1 Å². The largest absolute Gasteiger partial charge is 0.353 e. The molecule has 0 amide bonds. The molecule has 3 heterocycles. The van der Waals surface area contributed by atoms with Gasteiger partial charge in [0.2, 0.25) is 0 Å². The van der Waals surface area contributed by atoms with E-state index in [-0.39, 0.29) is 11.7 Å². The van der Waals surface area contributed by atoms with Gasteiger partial charge < -0.3 is 9.80 Å². The van der Waals surface area contributed by atoms with Crippen molar-refractivity contribution in [1.82, 2.24) is 9.97 Å². The van der Waals surface area contributed by atoms with E-state index in [0.29, 0.717) is 0 Å². The minimum Gasteiger partial charge on any atom is -0.353 e. The monoisotopic (exact) mass is 299 g/mol. The molecule has 114 valence electrons. The zero-order valence-electron chi connectivity index (χ0n) is 12.3. The van der Waals surface area contributed by atoms with Crippen LogP contribution in [-0.4, -0.2) is 40.6 Å². The fourth-order valence-corrected chi connectivity index (χ4v) is 2.70. The normalized spacial score (nSPS) is 18.3. The molecule has 2 aromatic rings. The molecule has 0 N–H and O–H groups in total. The van der Waals surface area contributed by atoms with Gasteiger partial charge in [-0.1, -0.05) is 6.07 Å². The predicted molar refractivity (Wildman–Crippen MR) is 84.1 cm³/mol. The number of aromatic nitrogens is 2. The highest BCUT2D eigenvalue weighted by Crippen LogP contribution is 2.22. The van der Waals surface area contributed by atoms with Crippen LogP contribution in [0.2, 0.25) is 0 Å². The minimum absolute atomic E-state index is 0.0172. The first-order chi connectivity index (χ1) is 10.6. The van der Waals surface area contributed by atoms with Crippen LogP contribution in [0.5, 0.6) is 0 Å². The van der Waals surface area contributed by atoms with Gasteiger partial charge in [0.25, 0.3) is 5.69 Å². The Morgan fingerprint density at radius 3 is 2.64 bits per heavy atom. The van der Waals surface area contributed by atoms with Crippen molar-refractivity contribution < 1.29 is 4.92 Å². The summed E-state index contributed by atoms with van der Waals surface area (Å²) in [6.07, 6.45) is 3.11. The number of hydrogen-bond donors (Lipinski definition) is 0. The molecular formula is C15H17N5O2. The molecule has 0 spiro atoms. The van der Waals surface area contributed by atoms with E-state index in [4.69, 9.17) is 0 Å². The van der Waals surface area contributed by atoms with Gasteiger partial charge in [0.05, 0.1) is 4.92 Å². The van der Waals surface area contributed by atoms with Crippen LogP contribution >= 0.6 is 0 Å². The number of nitrogens with zero attached hydrogens (tertiary/aromatic N) is 5. The highest BCUT2D eigenvalue weighted by molar-refractivity contribution is 5.47. The highest BCUT2D eigenvalue weighted by Gasteiger charge is 2.25. The van der Waals surface area contributed by atoms with Gasteiger partial charge in [-0.25, -0.2) is 9.97 Å². The molecule has 1 atom stereocenters. The molecule has 22 heavy (non-hydrogen) atoms. The first-order valence-electron chi connectivity index (χ1n) is 7.18. The summed E-state index contributed by atoms with van der Waals surface area (Å²) in [6.45, 7) is 4.62. The zero-order valence-corrected chi connectivity index (χ0v) is 12.3. The summed E-state index contributed by atoms with van der Waals surface area (Å²) in [6, 6.07) is 9.36. The van der Waals surface area contributed by atoms with Crippen molar-refractivity contribution in [3.63, 3.8) is 0 Å². The smallest absolute Gasteiger partial charge is 0.287 e. The molecule has 0 unspecified atom stereocenters. The number of nitro groups is 1. The lowest BCUT2D eigenvalue weighted by Gasteiger charge is -2.41. The Hall–Kier alpha value is -2.70. The van der Waals surface area contributed by atoms with E-state index in [0.717, 1.165) is 31.3 Å². The maximum absolute atomic E-state index is 10.7. The molecule has 1 saturated heterocycles. The van der Waals surface area contributed by atoms with Crippen molar-refractivity contribution in [2.45, 2.75) is 13.0 Å². The number of piperazine rings is 1. The van der Waals surface area contributed by atoms with Gasteiger partial charge in [0.1, 0.15) is 17.8 Å². The Kier molecular flexibility index (Phi) is 3.86. The summed E-state index contributed by atoms with van der Waals surface area (Å²) in [7, 11) is 0. The fraction of sp³-hybridized carbons (Fsp3) is 0.333. The van der Waals surface area contributed by atoms with Crippen molar-refractivity contribution >= 4 is 17.3 Å². The van der Waals surface area contributed by atoms with Crippen LogP contribution in [0.1, 0.15) is 6.92 Å². The molecule has 0 saturated carbocycles. The summed E-state index contributed by atoms with van der Waals surface area (Å²) in [5, 5.41) is 10.7. The van der Waals surface area contributed by atoms with Crippen LogP contribution in [0.15, 0.2) is 42.7 Å². The quantitative estimate of drug-likeness (QED) is 0.638. The summed E-state index contributed by atoms with van der Waals surface area (Å²) >= 11 is 0. The molecule has 1 fully saturated rings. The van der Waals surface area contributed by atoms with E-state index in [1.54, 1.807) is 12.3 Å². The van der Waals surface area contributed by atoms with Crippen LogP contribution in [0.3, 0.4) is 0 Å². The molecule has 1 aliphatic heterocycles. The highest BCUT2D eigenvalue weighted by atomic mass is 16.6. The summed E-state index contributed by atoms with van der Waals surface area (Å²) in [4.78, 5) is 23.3. The molecule has 0 bridgehead atoms. The van der Waals surface area contributed by atoms with Gasteiger partial charge >= 0.3 is 0 Å². The molecule has 3 rings (SSSR count). The molecular weight excluding hydrogens is 282 g/mol. The van der Waals surface area contributed by atoms with E-state index >= 15 is 0 Å². The van der Waals surface area contributed by atoms with Crippen molar-refractivity contribution in [1.29, 1.82) is 0 Å².